The average molecular weight is 421 g/mol. The fourth-order valence-electron chi connectivity index (χ4n) is 2.95. The van der Waals surface area contributed by atoms with Crippen LogP contribution in [0.2, 0.25) is 0 Å². The van der Waals surface area contributed by atoms with Crippen molar-refractivity contribution in [3.05, 3.63) is 48.2 Å². The number of anilines is 3. The second-order valence-corrected chi connectivity index (χ2v) is 6.81. The quantitative estimate of drug-likeness (QED) is 0.295. The summed E-state index contributed by atoms with van der Waals surface area (Å²) in [7, 11) is 0. The van der Waals surface area contributed by atoms with Crippen molar-refractivity contribution in [2.24, 2.45) is 0 Å². The molecule has 0 bridgehead atoms. The van der Waals surface area contributed by atoms with Crippen LogP contribution < -0.4 is 21.7 Å². The molecular formula is C20H23N9O2. The van der Waals surface area contributed by atoms with Crippen molar-refractivity contribution in [2.75, 3.05) is 36.0 Å². The molecular weight excluding hydrogens is 398 g/mol. The van der Waals surface area contributed by atoms with Gasteiger partial charge in [0.05, 0.1) is 6.26 Å². The summed E-state index contributed by atoms with van der Waals surface area (Å²) in [5.41, 5.74) is 8.16. The molecule has 31 heavy (non-hydrogen) atoms. The molecule has 0 aliphatic heterocycles. The molecule has 0 saturated carbocycles. The highest BCUT2D eigenvalue weighted by Crippen LogP contribution is 2.17. The predicted octanol–water partition coefficient (Wildman–Crippen LogP) is 1.56. The Balaban J connectivity index is 1.31. The molecule has 1 aromatic carbocycles. The minimum Gasteiger partial charge on any atom is -0.461 e. The minimum absolute atomic E-state index is 0.0310. The fourth-order valence-corrected chi connectivity index (χ4v) is 2.95. The van der Waals surface area contributed by atoms with Crippen molar-refractivity contribution in [1.82, 2.24) is 29.9 Å². The molecule has 4 rings (SSSR count). The zero-order valence-corrected chi connectivity index (χ0v) is 17.0. The maximum Gasteiger partial charge on any atom is 0.259 e. The highest BCUT2D eigenvalue weighted by Gasteiger charge is 2.13. The van der Waals surface area contributed by atoms with E-state index in [4.69, 9.17) is 10.2 Å². The molecule has 0 aliphatic carbocycles. The van der Waals surface area contributed by atoms with E-state index in [1.807, 2.05) is 12.1 Å². The van der Waals surface area contributed by atoms with Crippen LogP contribution in [-0.4, -0.2) is 50.1 Å². The first-order valence-corrected chi connectivity index (χ1v) is 9.84. The van der Waals surface area contributed by atoms with Crippen LogP contribution >= 0.6 is 0 Å². The number of rotatable bonds is 9. The van der Waals surface area contributed by atoms with E-state index in [9.17, 15) is 4.79 Å². The maximum atomic E-state index is 10.9. The second kappa shape index (κ2) is 9.11. The number of nitrogen functional groups attached to an aromatic ring is 1. The molecule has 1 amide bonds. The van der Waals surface area contributed by atoms with Gasteiger partial charge in [-0.25, -0.2) is 0 Å². The van der Waals surface area contributed by atoms with Crippen LogP contribution in [0.15, 0.2) is 47.1 Å². The van der Waals surface area contributed by atoms with E-state index in [1.54, 1.807) is 18.4 Å². The van der Waals surface area contributed by atoms with Gasteiger partial charge in [0, 0.05) is 32.2 Å². The number of fused-ring (bicyclic) bond motifs is 1. The third kappa shape index (κ3) is 5.07. The summed E-state index contributed by atoms with van der Waals surface area (Å²) < 4.78 is 6.69. The van der Waals surface area contributed by atoms with Crippen molar-refractivity contribution in [3.8, 4) is 11.6 Å². The fraction of sp³-hybridized carbons (Fsp3) is 0.250. The second-order valence-electron chi connectivity index (χ2n) is 6.81. The lowest BCUT2D eigenvalue weighted by Gasteiger charge is -2.09. The number of furan rings is 1. The Morgan fingerprint density at radius 2 is 1.90 bits per heavy atom. The average Bonchev–Trinajstić information content (AvgIpc) is 3.42. The summed E-state index contributed by atoms with van der Waals surface area (Å²) in [5, 5.41) is 13.5. The summed E-state index contributed by atoms with van der Waals surface area (Å²) in [4.78, 5) is 23.8. The van der Waals surface area contributed by atoms with Gasteiger partial charge in [0.15, 0.2) is 5.76 Å². The Morgan fingerprint density at radius 1 is 1.06 bits per heavy atom. The van der Waals surface area contributed by atoms with Crippen molar-refractivity contribution < 1.29 is 9.21 Å². The van der Waals surface area contributed by atoms with Crippen LogP contribution in [0.5, 0.6) is 0 Å². The van der Waals surface area contributed by atoms with E-state index in [2.05, 4.69) is 48.1 Å². The number of amides is 1. The Bertz CT molecular complexity index is 1150. The van der Waals surface area contributed by atoms with Crippen LogP contribution in [0, 0.1) is 0 Å². The number of hydrogen-bond acceptors (Lipinski definition) is 9. The summed E-state index contributed by atoms with van der Waals surface area (Å²) in [6.45, 7) is 3.39. The van der Waals surface area contributed by atoms with E-state index < -0.39 is 0 Å². The summed E-state index contributed by atoms with van der Waals surface area (Å²) >= 11 is 0. The van der Waals surface area contributed by atoms with Crippen molar-refractivity contribution >= 4 is 29.3 Å². The molecule has 0 unspecified atom stereocenters. The Kier molecular flexibility index (Phi) is 5.92. The predicted molar refractivity (Wildman–Crippen MR) is 117 cm³/mol. The Morgan fingerprint density at radius 3 is 2.65 bits per heavy atom. The third-order valence-corrected chi connectivity index (χ3v) is 4.45. The van der Waals surface area contributed by atoms with Gasteiger partial charge in [-0.2, -0.15) is 19.5 Å². The van der Waals surface area contributed by atoms with E-state index in [1.165, 1.54) is 11.4 Å². The molecule has 4 aromatic rings. The molecule has 0 saturated heterocycles. The van der Waals surface area contributed by atoms with Gasteiger partial charge in [0.25, 0.3) is 5.78 Å². The van der Waals surface area contributed by atoms with Gasteiger partial charge in [-0.05, 0) is 36.2 Å². The monoisotopic (exact) mass is 421 g/mol. The molecule has 0 radical (unpaired) electrons. The number of carbonyl (C=O) groups excluding carboxylic acids is 1. The molecule has 160 valence electrons. The lowest BCUT2D eigenvalue weighted by atomic mass is 10.1. The minimum atomic E-state index is -0.0310. The van der Waals surface area contributed by atoms with Crippen LogP contribution in [0.25, 0.3) is 17.4 Å². The standard InChI is InChI=1S/C20H23N9O2/c1-13(30)22-10-11-23-15-6-4-14(5-7-15)8-9-24-19-26-18(21)29-20(27-19)25-17(28-29)16-3-2-12-31-16/h2-7,12,23H,8-11H2,1H3,(H,22,30)(H3,21,24,25,26,27,28). The van der Waals surface area contributed by atoms with Crippen LogP contribution in [0.4, 0.5) is 17.6 Å². The molecule has 3 heterocycles. The molecule has 0 atom stereocenters. The van der Waals surface area contributed by atoms with E-state index in [-0.39, 0.29) is 11.9 Å². The largest absolute Gasteiger partial charge is 0.461 e. The zero-order chi connectivity index (χ0) is 21.6. The van der Waals surface area contributed by atoms with E-state index >= 15 is 0 Å². The maximum absolute atomic E-state index is 10.9. The molecule has 11 heteroatoms. The molecule has 5 N–H and O–H groups in total. The van der Waals surface area contributed by atoms with Crippen molar-refractivity contribution in [1.29, 1.82) is 0 Å². The first-order chi connectivity index (χ1) is 15.1. The smallest absolute Gasteiger partial charge is 0.259 e. The van der Waals surface area contributed by atoms with Gasteiger partial charge in [-0.1, -0.05) is 12.1 Å². The number of hydrogen-bond donors (Lipinski definition) is 4. The summed E-state index contributed by atoms with van der Waals surface area (Å²) in [6, 6.07) is 11.6. The SMILES string of the molecule is CC(=O)NCCNc1ccc(CCNc2nc(N)n3nc(-c4ccco4)nc3n2)cc1. The summed E-state index contributed by atoms with van der Waals surface area (Å²) in [6.07, 6.45) is 2.34. The molecule has 3 aromatic heterocycles. The van der Waals surface area contributed by atoms with E-state index in [0.717, 1.165) is 17.7 Å². The first-order valence-electron chi connectivity index (χ1n) is 9.84. The normalized spacial score (nSPS) is 10.9. The van der Waals surface area contributed by atoms with Crippen molar-refractivity contribution in [2.45, 2.75) is 13.3 Å². The Hall–Kier alpha value is -4.15. The number of nitrogens with zero attached hydrogens (tertiary/aromatic N) is 5. The topological polar surface area (TPSA) is 148 Å². The van der Waals surface area contributed by atoms with Crippen LogP contribution in [0.1, 0.15) is 12.5 Å². The van der Waals surface area contributed by atoms with Gasteiger partial charge in [0.2, 0.25) is 23.6 Å². The summed E-state index contributed by atoms with van der Waals surface area (Å²) in [5.74, 6) is 1.82. The van der Waals surface area contributed by atoms with E-state index in [0.29, 0.717) is 42.9 Å². The third-order valence-electron chi connectivity index (χ3n) is 4.45. The van der Waals surface area contributed by atoms with Gasteiger partial charge >= 0.3 is 0 Å². The number of benzene rings is 1. The first kappa shape index (κ1) is 20.1. The van der Waals surface area contributed by atoms with Gasteiger partial charge in [0.1, 0.15) is 0 Å². The number of aromatic nitrogens is 5. The molecule has 0 spiro atoms. The van der Waals surface area contributed by atoms with Crippen LogP contribution in [-0.2, 0) is 11.2 Å². The van der Waals surface area contributed by atoms with Crippen molar-refractivity contribution in [3.63, 3.8) is 0 Å². The number of carbonyl (C=O) groups is 1. The molecule has 11 nitrogen and oxygen atoms in total. The van der Waals surface area contributed by atoms with Gasteiger partial charge in [-0.3, -0.25) is 4.79 Å². The van der Waals surface area contributed by atoms with Gasteiger partial charge in [-0.15, -0.1) is 5.10 Å². The molecule has 0 aliphatic rings. The van der Waals surface area contributed by atoms with Crippen LogP contribution in [0.3, 0.4) is 0 Å². The number of nitrogens with two attached hydrogens (primary N) is 1. The molecule has 0 fully saturated rings. The highest BCUT2D eigenvalue weighted by atomic mass is 16.3. The zero-order valence-electron chi connectivity index (χ0n) is 17.0. The lowest BCUT2D eigenvalue weighted by molar-refractivity contribution is -0.118. The van der Waals surface area contributed by atoms with Gasteiger partial charge < -0.3 is 26.1 Å². The Labute approximate surface area is 178 Å². The lowest BCUT2D eigenvalue weighted by Crippen LogP contribution is -2.26. The number of nitrogens with one attached hydrogen (secondary N) is 3. The highest BCUT2D eigenvalue weighted by molar-refractivity contribution is 5.72.